The molecule has 0 radical (unpaired) electrons. The lowest BCUT2D eigenvalue weighted by molar-refractivity contribution is 0.174. The molecule has 0 spiro atoms. The number of benzene rings is 1. The fourth-order valence-corrected chi connectivity index (χ4v) is 3.34. The average Bonchev–Trinajstić information content (AvgIpc) is 2.36. The Hall–Kier alpha value is -0.660. The SMILES string of the molecule is COCCNCC(O)CS(=O)(=O)Cc1ccc(Cl)cc1. The number of hydrogen-bond acceptors (Lipinski definition) is 5. The summed E-state index contributed by atoms with van der Waals surface area (Å²) in [6, 6.07) is 6.64. The second-order valence-electron chi connectivity index (χ2n) is 4.53. The maximum Gasteiger partial charge on any atom is 0.157 e. The Bertz CT molecular complexity index is 490. The summed E-state index contributed by atoms with van der Waals surface area (Å²) < 4.78 is 28.7. The van der Waals surface area contributed by atoms with Crippen LogP contribution in [0.4, 0.5) is 0 Å². The van der Waals surface area contributed by atoms with Crippen LogP contribution in [0.3, 0.4) is 0 Å². The van der Waals surface area contributed by atoms with E-state index in [0.717, 1.165) is 0 Å². The fraction of sp³-hybridized carbons (Fsp3) is 0.538. The molecule has 1 aromatic carbocycles. The molecule has 2 N–H and O–H groups in total. The maximum atomic E-state index is 11.9. The van der Waals surface area contributed by atoms with E-state index in [1.165, 1.54) is 0 Å². The third-order valence-corrected chi connectivity index (χ3v) is 4.53. The summed E-state index contributed by atoms with van der Waals surface area (Å²) in [7, 11) is -1.78. The van der Waals surface area contributed by atoms with Gasteiger partial charge in [-0.3, -0.25) is 0 Å². The Kier molecular flexibility index (Phi) is 7.47. The lowest BCUT2D eigenvalue weighted by Crippen LogP contribution is -2.34. The molecule has 5 nitrogen and oxygen atoms in total. The zero-order chi connectivity index (χ0) is 15.0. The topological polar surface area (TPSA) is 75.6 Å². The highest BCUT2D eigenvalue weighted by atomic mass is 35.5. The van der Waals surface area contributed by atoms with Crippen molar-refractivity contribution in [1.82, 2.24) is 5.32 Å². The Morgan fingerprint density at radius 3 is 2.60 bits per heavy atom. The van der Waals surface area contributed by atoms with Gasteiger partial charge in [-0.2, -0.15) is 0 Å². The van der Waals surface area contributed by atoms with E-state index in [4.69, 9.17) is 16.3 Å². The van der Waals surface area contributed by atoms with Crippen LogP contribution in [0.2, 0.25) is 5.02 Å². The molecule has 0 aliphatic carbocycles. The van der Waals surface area contributed by atoms with Gasteiger partial charge in [-0.1, -0.05) is 23.7 Å². The van der Waals surface area contributed by atoms with E-state index in [-0.39, 0.29) is 18.1 Å². The minimum atomic E-state index is -3.35. The van der Waals surface area contributed by atoms with Crippen molar-refractivity contribution in [2.24, 2.45) is 0 Å². The van der Waals surface area contributed by atoms with Gasteiger partial charge in [0.1, 0.15) is 0 Å². The molecule has 1 atom stereocenters. The van der Waals surface area contributed by atoms with Gasteiger partial charge in [0.25, 0.3) is 0 Å². The molecule has 1 aromatic rings. The summed E-state index contributed by atoms with van der Waals surface area (Å²) in [5.41, 5.74) is 0.661. The first kappa shape index (κ1) is 17.4. The number of aliphatic hydroxyl groups excluding tert-OH is 1. The van der Waals surface area contributed by atoms with Crippen molar-refractivity contribution in [3.63, 3.8) is 0 Å². The number of halogens is 1. The molecule has 0 fully saturated rings. The van der Waals surface area contributed by atoms with Gasteiger partial charge in [0, 0.05) is 25.2 Å². The first-order valence-corrected chi connectivity index (χ1v) is 8.45. The molecule has 7 heteroatoms. The fourth-order valence-electron chi connectivity index (χ4n) is 1.69. The van der Waals surface area contributed by atoms with Crippen LogP contribution in [0.25, 0.3) is 0 Å². The summed E-state index contributed by atoms with van der Waals surface area (Å²) >= 11 is 5.74. The zero-order valence-electron chi connectivity index (χ0n) is 11.4. The lowest BCUT2D eigenvalue weighted by atomic mass is 10.2. The summed E-state index contributed by atoms with van der Waals surface area (Å²) in [4.78, 5) is 0. The summed E-state index contributed by atoms with van der Waals surface area (Å²) in [6.45, 7) is 1.32. The van der Waals surface area contributed by atoms with Crippen molar-refractivity contribution < 1.29 is 18.3 Å². The van der Waals surface area contributed by atoms with Crippen LogP contribution in [-0.2, 0) is 20.3 Å². The first-order valence-electron chi connectivity index (χ1n) is 6.25. The molecule has 0 heterocycles. The van der Waals surface area contributed by atoms with E-state index >= 15 is 0 Å². The molecular weight excluding hydrogens is 302 g/mol. The Morgan fingerprint density at radius 1 is 1.35 bits per heavy atom. The predicted octanol–water partition coefficient (Wildman–Crippen LogP) is 0.852. The quantitative estimate of drug-likeness (QED) is 0.660. The molecule has 1 rings (SSSR count). The molecule has 0 amide bonds. The largest absolute Gasteiger partial charge is 0.391 e. The number of rotatable bonds is 9. The average molecular weight is 322 g/mol. The molecule has 1 unspecified atom stereocenters. The van der Waals surface area contributed by atoms with Crippen LogP contribution in [0.15, 0.2) is 24.3 Å². The number of nitrogens with one attached hydrogen (secondary N) is 1. The van der Waals surface area contributed by atoms with Crippen molar-refractivity contribution in [3.8, 4) is 0 Å². The molecule has 0 saturated heterocycles. The number of hydrogen-bond donors (Lipinski definition) is 2. The predicted molar refractivity (Wildman–Crippen MR) is 79.7 cm³/mol. The minimum Gasteiger partial charge on any atom is -0.391 e. The van der Waals surface area contributed by atoms with E-state index in [2.05, 4.69) is 5.32 Å². The van der Waals surface area contributed by atoms with Gasteiger partial charge in [-0.05, 0) is 17.7 Å². The Balaban J connectivity index is 2.42. The van der Waals surface area contributed by atoms with E-state index in [1.807, 2.05) is 0 Å². The van der Waals surface area contributed by atoms with Gasteiger partial charge in [0.2, 0.25) is 0 Å². The molecule has 0 aliphatic heterocycles. The molecule has 20 heavy (non-hydrogen) atoms. The Labute approximate surface area is 124 Å². The smallest absolute Gasteiger partial charge is 0.157 e. The monoisotopic (exact) mass is 321 g/mol. The van der Waals surface area contributed by atoms with Gasteiger partial charge in [0.15, 0.2) is 9.84 Å². The van der Waals surface area contributed by atoms with Gasteiger partial charge in [-0.15, -0.1) is 0 Å². The second-order valence-corrected chi connectivity index (χ2v) is 7.08. The lowest BCUT2D eigenvalue weighted by Gasteiger charge is -2.12. The number of sulfone groups is 1. The van der Waals surface area contributed by atoms with E-state index < -0.39 is 15.9 Å². The van der Waals surface area contributed by atoms with Crippen LogP contribution in [0.5, 0.6) is 0 Å². The van der Waals surface area contributed by atoms with Gasteiger partial charge < -0.3 is 15.2 Å². The summed E-state index contributed by atoms with van der Waals surface area (Å²) in [5.74, 6) is -0.366. The van der Waals surface area contributed by atoms with Crippen LogP contribution >= 0.6 is 11.6 Å². The van der Waals surface area contributed by atoms with Gasteiger partial charge in [-0.25, -0.2) is 8.42 Å². The third-order valence-electron chi connectivity index (χ3n) is 2.61. The highest BCUT2D eigenvalue weighted by Crippen LogP contribution is 2.12. The number of ether oxygens (including phenoxy) is 1. The van der Waals surface area contributed by atoms with Crippen LogP contribution in [0.1, 0.15) is 5.56 Å². The van der Waals surface area contributed by atoms with Crippen molar-refractivity contribution in [3.05, 3.63) is 34.9 Å². The minimum absolute atomic E-state index is 0.0979. The third kappa shape index (κ3) is 7.21. The molecule has 0 aromatic heterocycles. The highest BCUT2D eigenvalue weighted by Gasteiger charge is 2.17. The number of methoxy groups -OCH3 is 1. The van der Waals surface area contributed by atoms with Crippen LogP contribution in [0, 0.1) is 0 Å². The van der Waals surface area contributed by atoms with Crippen LogP contribution in [-0.4, -0.2) is 52.2 Å². The molecule has 0 bridgehead atoms. The van der Waals surface area contributed by atoms with E-state index in [0.29, 0.717) is 23.7 Å². The molecule has 0 aliphatic rings. The summed E-state index contributed by atoms with van der Waals surface area (Å²) in [6.07, 6.45) is -0.927. The van der Waals surface area contributed by atoms with Crippen LogP contribution < -0.4 is 5.32 Å². The van der Waals surface area contributed by atoms with Crippen molar-refractivity contribution >= 4 is 21.4 Å². The second kappa shape index (κ2) is 8.59. The van der Waals surface area contributed by atoms with E-state index in [1.54, 1.807) is 31.4 Å². The zero-order valence-corrected chi connectivity index (χ0v) is 13.0. The van der Waals surface area contributed by atoms with Crippen molar-refractivity contribution in [2.45, 2.75) is 11.9 Å². The number of aliphatic hydroxyl groups is 1. The van der Waals surface area contributed by atoms with Crippen molar-refractivity contribution in [2.75, 3.05) is 32.6 Å². The molecule has 114 valence electrons. The maximum absolute atomic E-state index is 11.9. The van der Waals surface area contributed by atoms with Crippen molar-refractivity contribution in [1.29, 1.82) is 0 Å². The Morgan fingerprint density at radius 2 is 2.00 bits per heavy atom. The molecule has 0 saturated carbocycles. The standard InChI is InChI=1S/C13H20ClNO4S/c1-19-7-6-15-8-13(16)10-20(17,18)9-11-2-4-12(14)5-3-11/h2-5,13,15-16H,6-10H2,1H3. The first-order chi connectivity index (χ1) is 9.43. The van der Waals surface area contributed by atoms with Gasteiger partial charge >= 0.3 is 0 Å². The van der Waals surface area contributed by atoms with E-state index in [9.17, 15) is 13.5 Å². The van der Waals surface area contributed by atoms with Gasteiger partial charge in [0.05, 0.1) is 24.2 Å². The normalized spacial score (nSPS) is 13.3. The highest BCUT2D eigenvalue weighted by molar-refractivity contribution is 7.90. The summed E-state index contributed by atoms with van der Waals surface area (Å²) in [5, 5.41) is 13.2. The molecular formula is C13H20ClNO4S.